The van der Waals surface area contributed by atoms with Crippen molar-refractivity contribution >= 4 is 11.9 Å². The molecule has 11 heteroatoms. The second kappa shape index (κ2) is 12.6. The highest BCUT2D eigenvalue weighted by Gasteiger charge is 2.59. The van der Waals surface area contributed by atoms with Crippen LogP contribution in [0.1, 0.15) is 75.8 Å². The van der Waals surface area contributed by atoms with Crippen molar-refractivity contribution in [1.82, 2.24) is 10.2 Å². The summed E-state index contributed by atoms with van der Waals surface area (Å²) in [5.41, 5.74) is -1.39. The van der Waals surface area contributed by atoms with Gasteiger partial charge in [-0.05, 0) is 94.7 Å². The smallest absolute Gasteiger partial charge is 0.339 e. The maximum Gasteiger partial charge on any atom is 0.339 e. The second-order valence-corrected chi connectivity index (χ2v) is 12.9. The summed E-state index contributed by atoms with van der Waals surface area (Å²) in [7, 11) is 3.15. The lowest BCUT2D eigenvalue weighted by molar-refractivity contribution is -0.176. The molecule has 1 spiro atoms. The Labute approximate surface area is 253 Å². The normalized spacial score (nSPS) is 25.6. The van der Waals surface area contributed by atoms with Gasteiger partial charge in [0.15, 0.2) is 23.2 Å². The van der Waals surface area contributed by atoms with Crippen molar-refractivity contribution in [2.24, 2.45) is 0 Å². The molecule has 4 atom stereocenters. The molecule has 4 aliphatic rings. The topological polar surface area (TPSA) is 136 Å². The van der Waals surface area contributed by atoms with E-state index in [1.54, 1.807) is 28.1 Å². The van der Waals surface area contributed by atoms with Gasteiger partial charge >= 0.3 is 5.97 Å². The number of ether oxygens (including phenoxy) is 5. The monoisotopic (exact) mass is 602 g/mol. The van der Waals surface area contributed by atoms with E-state index >= 15 is 0 Å². The Balaban J connectivity index is 1.44. The molecule has 1 fully saturated rings. The summed E-state index contributed by atoms with van der Waals surface area (Å²) >= 11 is 0. The summed E-state index contributed by atoms with van der Waals surface area (Å²) < 4.78 is 28.6. The van der Waals surface area contributed by atoms with Gasteiger partial charge < -0.3 is 39.2 Å². The standard InChI is InChI=1S/C32H46N2O9/c1-30(2,37)9-5-11-32(38,19-26(35)33-12-7-15-39-3)29(36)43-28-25(40-4)18-31-10-6-13-34(31)14-8-21-16-23-24(42-20-41-23)17-22(21)27(28)31/h16-18,27-28,37-38H,5-15,19-20H2,1-4H3,(H,33,35)/t27-,28-,31+,32-/m1/s1. The molecule has 0 bridgehead atoms. The SMILES string of the molecule is COCCCNC(=O)C[C@](O)(CCCC(C)(C)O)C(=O)O[C@@H]1C(OC)=C[C@]23CCCN2CCc2cc4c(cc2[C@H]13)OCO4. The zero-order chi connectivity index (χ0) is 30.8. The van der Waals surface area contributed by atoms with Crippen molar-refractivity contribution in [1.29, 1.82) is 0 Å². The summed E-state index contributed by atoms with van der Waals surface area (Å²) in [6.45, 7) is 6.08. The highest BCUT2D eigenvalue weighted by atomic mass is 16.7. The van der Waals surface area contributed by atoms with Gasteiger partial charge in [0.1, 0.15) is 5.76 Å². The predicted octanol–water partition coefficient (Wildman–Crippen LogP) is 2.56. The Morgan fingerprint density at radius 1 is 1.12 bits per heavy atom. The zero-order valence-electron chi connectivity index (χ0n) is 25.8. The van der Waals surface area contributed by atoms with Crippen molar-refractivity contribution < 1.29 is 43.5 Å². The van der Waals surface area contributed by atoms with Gasteiger partial charge in [0.25, 0.3) is 0 Å². The Morgan fingerprint density at radius 3 is 2.60 bits per heavy atom. The number of nitrogens with zero attached hydrogens (tertiary/aromatic N) is 1. The molecule has 0 radical (unpaired) electrons. The molecule has 0 saturated carbocycles. The van der Waals surface area contributed by atoms with Crippen LogP contribution in [-0.2, 0) is 30.2 Å². The van der Waals surface area contributed by atoms with E-state index in [1.165, 1.54) is 0 Å². The molecule has 1 aliphatic carbocycles. The molecule has 3 aliphatic heterocycles. The number of nitrogens with one attached hydrogen (secondary N) is 1. The number of carbonyl (C=O) groups is 2. The van der Waals surface area contributed by atoms with Gasteiger partial charge in [-0.3, -0.25) is 9.69 Å². The van der Waals surface area contributed by atoms with E-state index in [0.29, 0.717) is 49.7 Å². The van der Waals surface area contributed by atoms with Crippen LogP contribution in [0, 0.1) is 0 Å². The average Bonchev–Trinajstić information content (AvgIpc) is 3.64. The summed E-state index contributed by atoms with van der Waals surface area (Å²) in [5.74, 6) is 0.252. The van der Waals surface area contributed by atoms with E-state index in [1.807, 2.05) is 12.1 Å². The van der Waals surface area contributed by atoms with E-state index in [-0.39, 0.29) is 19.1 Å². The van der Waals surface area contributed by atoms with Gasteiger partial charge in [-0.2, -0.15) is 0 Å². The highest BCUT2D eigenvalue weighted by molar-refractivity contribution is 5.88. The van der Waals surface area contributed by atoms with Crippen molar-refractivity contribution in [2.45, 2.75) is 94.0 Å². The van der Waals surface area contributed by atoms with Crippen molar-refractivity contribution in [3.8, 4) is 11.5 Å². The van der Waals surface area contributed by atoms with Gasteiger partial charge in [0, 0.05) is 26.8 Å². The number of carbonyl (C=O) groups excluding carboxylic acids is 2. The number of amides is 1. The van der Waals surface area contributed by atoms with E-state index in [2.05, 4.69) is 16.3 Å². The summed E-state index contributed by atoms with van der Waals surface area (Å²) in [6.07, 6.45) is 4.71. The molecule has 1 saturated heterocycles. The Hall–Kier alpha value is -2.86. The van der Waals surface area contributed by atoms with Crippen molar-refractivity contribution in [3.63, 3.8) is 0 Å². The van der Waals surface area contributed by atoms with Gasteiger partial charge in [-0.1, -0.05) is 0 Å². The molecule has 0 aromatic heterocycles. The third-order valence-corrected chi connectivity index (χ3v) is 9.26. The molecule has 1 amide bonds. The molecule has 11 nitrogen and oxygen atoms in total. The van der Waals surface area contributed by atoms with Crippen molar-refractivity contribution in [3.05, 3.63) is 35.1 Å². The zero-order valence-corrected chi connectivity index (χ0v) is 25.8. The fraction of sp³-hybridized carbons (Fsp3) is 0.688. The van der Waals surface area contributed by atoms with E-state index in [0.717, 1.165) is 43.5 Å². The van der Waals surface area contributed by atoms with Crippen LogP contribution in [0.25, 0.3) is 0 Å². The molecule has 1 aromatic carbocycles. The predicted molar refractivity (Wildman–Crippen MR) is 157 cm³/mol. The molecule has 1 aromatic rings. The minimum Gasteiger partial charge on any atom is -0.497 e. The van der Waals surface area contributed by atoms with Gasteiger partial charge in [-0.15, -0.1) is 0 Å². The number of benzene rings is 1. The van der Waals surface area contributed by atoms with Crippen LogP contribution in [0.3, 0.4) is 0 Å². The number of methoxy groups -OCH3 is 2. The minimum absolute atomic E-state index is 0.0444. The maximum atomic E-state index is 14.0. The number of aliphatic hydroxyl groups is 2. The van der Waals surface area contributed by atoms with Crippen molar-refractivity contribution in [2.75, 3.05) is 47.3 Å². The second-order valence-electron chi connectivity index (χ2n) is 12.9. The first-order chi connectivity index (χ1) is 20.5. The van der Waals surface area contributed by atoms with E-state index in [4.69, 9.17) is 23.7 Å². The van der Waals surface area contributed by atoms with Crippen LogP contribution in [0.2, 0.25) is 0 Å². The van der Waals surface area contributed by atoms with E-state index < -0.39 is 41.1 Å². The summed E-state index contributed by atoms with van der Waals surface area (Å²) in [6, 6.07) is 4.03. The first-order valence-corrected chi connectivity index (χ1v) is 15.4. The first kappa shape index (κ1) is 31.6. The number of rotatable bonds is 13. The number of hydrogen-bond donors (Lipinski definition) is 3. The lowest BCUT2D eigenvalue weighted by Gasteiger charge is -2.39. The lowest BCUT2D eigenvalue weighted by Crippen LogP contribution is -2.50. The molecule has 3 heterocycles. The molecule has 0 unspecified atom stereocenters. The third kappa shape index (κ3) is 6.50. The Kier molecular flexibility index (Phi) is 9.27. The molecule has 5 rings (SSSR count). The highest BCUT2D eigenvalue weighted by Crippen LogP contribution is 2.55. The molecule has 43 heavy (non-hydrogen) atoms. The van der Waals surface area contributed by atoms with Crippen LogP contribution >= 0.6 is 0 Å². The average molecular weight is 603 g/mol. The number of esters is 1. The van der Waals surface area contributed by atoms with Gasteiger partial charge in [0.05, 0.1) is 30.6 Å². The molecule has 3 N–H and O–H groups in total. The quantitative estimate of drug-likeness (QED) is 0.228. The summed E-state index contributed by atoms with van der Waals surface area (Å²) in [4.78, 5) is 29.4. The fourth-order valence-electron chi connectivity index (χ4n) is 7.17. The minimum atomic E-state index is -2.09. The molecule has 238 valence electrons. The molecular weight excluding hydrogens is 556 g/mol. The maximum absolute atomic E-state index is 14.0. The van der Waals surface area contributed by atoms with Gasteiger partial charge in [0.2, 0.25) is 12.7 Å². The summed E-state index contributed by atoms with van der Waals surface area (Å²) in [5, 5.41) is 24.8. The number of fused-ring (bicyclic) bond motifs is 3. The first-order valence-electron chi connectivity index (χ1n) is 15.4. The molecular formula is C32H46N2O9. The van der Waals surface area contributed by atoms with Crippen LogP contribution in [0.5, 0.6) is 11.5 Å². The van der Waals surface area contributed by atoms with Crippen LogP contribution < -0.4 is 14.8 Å². The number of hydrogen-bond acceptors (Lipinski definition) is 10. The van der Waals surface area contributed by atoms with Crippen LogP contribution in [0.15, 0.2) is 24.0 Å². The Bertz CT molecular complexity index is 1230. The van der Waals surface area contributed by atoms with Crippen LogP contribution in [0.4, 0.5) is 0 Å². The fourth-order valence-corrected chi connectivity index (χ4v) is 7.17. The third-order valence-electron chi connectivity index (χ3n) is 9.26. The van der Waals surface area contributed by atoms with Gasteiger partial charge in [-0.25, -0.2) is 4.79 Å². The lowest BCUT2D eigenvalue weighted by atomic mass is 9.77. The largest absolute Gasteiger partial charge is 0.497 e. The van der Waals surface area contributed by atoms with Crippen LogP contribution in [-0.4, -0.2) is 97.1 Å². The Morgan fingerprint density at radius 2 is 1.88 bits per heavy atom. The van der Waals surface area contributed by atoms with E-state index in [9.17, 15) is 19.8 Å².